The van der Waals surface area contributed by atoms with Gasteiger partial charge in [-0.15, -0.1) is 0 Å². The Morgan fingerprint density at radius 1 is 0.962 bits per heavy atom. The monoisotopic (exact) mass is 352 g/mol. The van der Waals surface area contributed by atoms with Crippen LogP contribution in [0.25, 0.3) is 0 Å². The van der Waals surface area contributed by atoms with E-state index >= 15 is 0 Å². The second kappa shape index (κ2) is 8.11. The Balaban J connectivity index is 1.75. The van der Waals surface area contributed by atoms with E-state index in [0.29, 0.717) is 12.1 Å². The quantitative estimate of drug-likeness (QED) is 0.714. The Bertz CT molecular complexity index is 862. The third-order valence-electron chi connectivity index (χ3n) is 3.76. The summed E-state index contributed by atoms with van der Waals surface area (Å²) in [6.07, 6.45) is 1.69. The van der Waals surface area contributed by atoms with E-state index in [2.05, 4.69) is 10.6 Å². The highest BCUT2D eigenvalue weighted by molar-refractivity contribution is 6.00. The molecule has 0 bridgehead atoms. The van der Waals surface area contributed by atoms with Crippen molar-refractivity contribution in [1.82, 2.24) is 5.32 Å². The maximum absolute atomic E-state index is 13.0. The smallest absolute Gasteiger partial charge is 0.287 e. The molecule has 2 amide bonds. The molecule has 3 rings (SSSR count). The van der Waals surface area contributed by atoms with Gasteiger partial charge < -0.3 is 15.1 Å². The second-order valence-corrected chi connectivity index (χ2v) is 5.69. The summed E-state index contributed by atoms with van der Waals surface area (Å²) in [5.41, 5.74) is 1.34. The zero-order valence-electron chi connectivity index (χ0n) is 13.8. The zero-order valence-corrected chi connectivity index (χ0v) is 13.8. The molecule has 0 saturated heterocycles. The summed E-state index contributed by atoms with van der Waals surface area (Å²) in [5.74, 6) is -1.15. The highest BCUT2D eigenvalue weighted by Gasteiger charge is 2.23. The van der Waals surface area contributed by atoms with Gasteiger partial charge in [-0.05, 0) is 42.0 Å². The SMILES string of the molecule is O=C(NC(Cc1ccccc1)C(=O)Nc1ccc(F)cc1)c1ccco1. The molecule has 0 aliphatic rings. The minimum atomic E-state index is -0.819. The fraction of sp³-hybridized carbons (Fsp3) is 0.100. The summed E-state index contributed by atoms with van der Waals surface area (Å²) in [6, 6.07) is 17.1. The fourth-order valence-corrected chi connectivity index (χ4v) is 2.46. The van der Waals surface area contributed by atoms with Crippen LogP contribution in [0.15, 0.2) is 77.4 Å². The lowest BCUT2D eigenvalue weighted by atomic mass is 10.0. The van der Waals surface area contributed by atoms with E-state index in [-0.39, 0.29) is 5.76 Å². The van der Waals surface area contributed by atoms with Crippen LogP contribution in [0.1, 0.15) is 16.1 Å². The summed E-state index contributed by atoms with van der Waals surface area (Å²) in [5, 5.41) is 5.37. The fourth-order valence-electron chi connectivity index (χ4n) is 2.46. The third-order valence-corrected chi connectivity index (χ3v) is 3.76. The minimum absolute atomic E-state index is 0.123. The maximum atomic E-state index is 13.0. The molecule has 26 heavy (non-hydrogen) atoms. The van der Waals surface area contributed by atoms with Crippen LogP contribution >= 0.6 is 0 Å². The largest absolute Gasteiger partial charge is 0.459 e. The van der Waals surface area contributed by atoms with Crippen LogP contribution in [-0.2, 0) is 11.2 Å². The van der Waals surface area contributed by atoms with Gasteiger partial charge >= 0.3 is 0 Å². The van der Waals surface area contributed by atoms with E-state index in [4.69, 9.17) is 4.42 Å². The Hall–Kier alpha value is -3.41. The number of hydrogen-bond acceptors (Lipinski definition) is 3. The van der Waals surface area contributed by atoms with Crippen LogP contribution in [0.5, 0.6) is 0 Å². The van der Waals surface area contributed by atoms with E-state index in [0.717, 1.165) is 5.56 Å². The standard InChI is InChI=1S/C20H17FN2O3/c21-15-8-10-16(11-9-15)22-19(24)17(13-14-5-2-1-3-6-14)23-20(25)18-7-4-12-26-18/h1-12,17H,13H2,(H,22,24)(H,23,25). The van der Waals surface area contributed by atoms with Gasteiger partial charge in [-0.2, -0.15) is 0 Å². The Labute approximate surface area is 149 Å². The molecule has 6 heteroatoms. The molecule has 0 aliphatic carbocycles. The average Bonchev–Trinajstić information content (AvgIpc) is 3.19. The molecule has 2 N–H and O–H groups in total. The minimum Gasteiger partial charge on any atom is -0.459 e. The molecular weight excluding hydrogens is 335 g/mol. The molecule has 2 aromatic carbocycles. The zero-order chi connectivity index (χ0) is 18.4. The van der Waals surface area contributed by atoms with Crippen molar-refractivity contribution in [2.75, 3.05) is 5.32 Å². The first-order chi connectivity index (χ1) is 12.6. The van der Waals surface area contributed by atoms with Crippen molar-refractivity contribution in [1.29, 1.82) is 0 Å². The number of halogens is 1. The van der Waals surface area contributed by atoms with E-state index in [9.17, 15) is 14.0 Å². The number of amides is 2. The molecule has 0 fully saturated rings. The highest BCUT2D eigenvalue weighted by atomic mass is 19.1. The van der Waals surface area contributed by atoms with Gasteiger partial charge in [-0.3, -0.25) is 9.59 Å². The first-order valence-corrected chi connectivity index (χ1v) is 8.06. The van der Waals surface area contributed by atoms with Gasteiger partial charge in [0.25, 0.3) is 5.91 Å². The van der Waals surface area contributed by atoms with Crippen molar-refractivity contribution in [2.24, 2.45) is 0 Å². The predicted molar refractivity (Wildman–Crippen MR) is 95.1 cm³/mol. The normalized spacial score (nSPS) is 11.6. The number of benzene rings is 2. The predicted octanol–water partition coefficient (Wildman–Crippen LogP) is 3.40. The van der Waals surface area contributed by atoms with Gasteiger partial charge in [0.05, 0.1) is 6.26 Å². The van der Waals surface area contributed by atoms with Gasteiger partial charge in [0.2, 0.25) is 5.91 Å². The summed E-state index contributed by atoms with van der Waals surface area (Å²) in [4.78, 5) is 24.9. The summed E-state index contributed by atoms with van der Waals surface area (Å²) >= 11 is 0. The molecule has 5 nitrogen and oxygen atoms in total. The number of furan rings is 1. The third kappa shape index (κ3) is 4.57. The van der Waals surface area contributed by atoms with Gasteiger partial charge in [-0.25, -0.2) is 4.39 Å². The molecule has 1 unspecified atom stereocenters. The lowest BCUT2D eigenvalue weighted by molar-refractivity contribution is -0.118. The highest BCUT2D eigenvalue weighted by Crippen LogP contribution is 2.11. The van der Waals surface area contributed by atoms with Crippen LogP contribution in [-0.4, -0.2) is 17.9 Å². The topological polar surface area (TPSA) is 71.3 Å². The van der Waals surface area contributed by atoms with Crippen molar-refractivity contribution in [3.8, 4) is 0 Å². The average molecular weight is 352 g/mol. The first-order valence-electron chi connectivity index (χ1n) is 8.06. The van der Waals surface area contributed by atoms with E-state index < -0.39 is 23.7 Å². The number of carbonyl (C=O) groups excluding carboxylic acids is 2. The molecule has 0 aliphatic heterocycles. The lowest BCUT2D eigenvalue weighted by Gasteiger charge is -2.18. The van der Waals surface area contributed by atoms with E-state index in [1.54, 1.807) is 6.07 Å². The van der Waals surface area contributed by atoms with Crippen LogP contribution in [0.2, 0.25) is 0 Å². The molecule has 1 heterocycles. The van der Waals surface area contributed by atoms with Gasteiger partial charge in [0, 0.05) is 12.1 Å². The van der Waals surface area contributed by atoms with Crippen LogP contribution in [0, 0.1) is 5.82 Å². The number of carbonyl (C=O) groups is 2. The Morgan fingerprint density at radius 3 is 2.35 bits per heavy atom. The summed E-state index contributed by atoms with van der Waals surface area (Å²) in [6.45, 7) is 0. The lowest BCUT2D eigenvalue weighted by Crippen LogP contribution is -2.45. The first kappa shape index (κ1) is 17.4. The Kier molecular flexibility index (Phi) is 5.43. The van der Waals surface area contributed by atoms with Crippen LogP contribution in [0.4, 0.5) is 10.1 Å². The molecule has 0 spiro atoms. The number of nitrogens with one attached hydrogen (secondary N) is 2. The van der Waals surface area contributed by atoms with E-state index in [1.165, 1.54) is 36.6 Å². The second-order valence-electron chi connectivity index (χ2n) is 5.69. The van der Waals surface area contributed by atoms with Gasteiger partial charge in [-0.1, -0.05) is 30.3 Å². The van der Waals surface area contributed by atoms with Crippen molar-refractivity contribution in [3.63, 3.8) is 0 Å². The molecular formula is C20H17FN2O3. The van der Waals surface area contributed by atoms with E-state index in [1.807, 2.05) is 30.3 Å². The molecule has 1 aromatic heterocycles. The molecule has 0 radical (unpaired) electrons. The summed E-state index contributed by atoms with van der Waals surface area (Å²) < 4.78 is 18.1. The van der Waals surface area contributed by atoms with Crippen molar-refractivity contribution >= 4 is 17.5 Å². The van der Waals surface area contributed by atoms with Crippen LogP contribution in [0.3, 0.4) is 0 Å². The maximum Gasteiger partial charge on any atom is 0.287 e. The van der Waals surface area contributed by atoms with Crippen molar-refractivity contribution < 1.29 is 18.4 Å². The number of anilines is 1. The molecule has 3 aromatic rings. The van der Waals surface area contributed by atoms with Gasteiger partial charge in [0.15, 0.2) is 5.76 Å². The van der Waals surface area contributed by atoms with Crippen molar-refractivity contribution in [3.05, 3.63) is 90.1 Å². The summed E-state index contributed by atoms with van der Waals surface area (Å²) in [7, 11) is 0. The number of hydrogen-bond donors (Lipinski definition) is 2. The molecule has 132 valence electrons. The van der Waals surface area contributed by atoms with Crippen LogP contribution < -0.4 is 10.6 Å². The molecule has 0 saturated carbocycles. The molecule has 1 atom stereocenters. The van der Waals surface area contributed by atoms with Crippen molar-refractivity contribution in [2.45, 2.75) is 12.5 Å². The van der Waals surface area contributed by atoms with Gasteiger partial charge in [0.1, 0.15) is 11.9 Å². The number of rotatable bonds is 6. The Morgan fingerprint density at radius 2 is 1.69 bits per heavy atom.